The molecule has 6 heteroatoms. The van der Waals surface area contributed by atoms with Crippen LogP contribution in [0.5, 0.6) is 0 Å². The average Bonchev–Trinajstić information content (AvgIpc) is 2.80. The third-order valence-corrected chi connectivity index (χ3v) is 5.16. The molecule has 0 aliphatic carbocycles. The average molecular weight is 358 g/mol. The summed E-state index contributed by atoms with van der Waals surface area (Å²) < 4.78 is 0.827. The van der Waals surface area contributed by atoms with Crippen LogP contribution in [0.4, 0.5) is 0 Å². The molecular formula is C14H16BrNO3S. The zero-order chi connectivity index (χ0) is 14.9. The smallest absolute Gasteiger partial charge is 0.327 e. The van der Waals surface area contributed by atoms with Gasteiger partial charge in [0.1, 0.15) is 6.04 Å². The summed E-state index contributed by atoms with van der Waals surface area (Å²) in [5.74, 6) is -0.695. The van der Waals surface area contributed by atoms with Gasteiger partial charge in [-0.25, -0.2) is 4.79 Å². The number of carboxylic acids is 1. The summed E-state index contributed by atoms with van der Waals surface area (Å²) in [7, 11) is 0. The van der Waals surface area contributed by atoms with Crippen molar-refractivity contribution in [1.29, 1.82) is 0 Å². The molecule has 0 bridgehead atoms. The summed E-state index contributed by atoms with van der Waals surface area (Å²) in [5, 5.41) is 9.22. The van der Waals surface area contributed by atoms with Gasteiger partial charge in [0.2, 0.25) is 0 Å². The zero-order valence-corrected chi connectivity index (χ0v) is 13.7. The van der Waals surface area contributed by atoms with E-state index in [1.165, 1.54) is 16.7 Å². The Balaban J connectivity index is 2.35. The van der Waals surface area contributed by atoms with Crippen molar-refractivity contribution in [3.63, 3.8) is 0 Å². The Kier molecular flexibility index (Phi) is 4.75. The van der Waals surface area contributed by atoms with Crippen molar-refractivity contribution in [2.45, 2.75) is 31.7 Å². The Morgan fingerprint density at radius 2 is 2.15 bits per heavy atom. The third kappa shape index (κ3) is 3.01. The van der Waals surface area contributed by atoms with E-state index in [4.69, 9.17) is 0 Å². The summed E-state index contributed by atoms with van der Waals surface area (Å²) in [4.78, 5) is 25.5. The molecule has 0 radical (unpaired) electrons. The Hall–Kier alpha value is -1.01. The van der Waals surface area contributed by atoms with Crippen LogP contribution in [-0.4, -0.2) is 39.1 Å². The molecule has 1 amide bonds. The van der Waals surface area contributed by atoms with Crippen molar-refractivity contribution in [3.8, 4) is 0 Å². The number of thioether (sulfide) groups is 1. The summed E-state index contributed by atoms with van der Waals surface area (Å²) in [6.07, 6.45) is 0.743. The van der Waals surface area contributed by atoms with Crippen molar-refractivity contribution in [1.82, 2.24) is 4.90 Å². The molecule has 0 saturated carbocycles. The van der Waals surface area contributed by atoms with Gasteiger partial charge < -0.3 is 10.0 Å². The lowest BCUT2D eigenvalue weighted by Crippen LogP contribution is -2.45. The lowest BCUT2D eigenvalue weighted by atomic mass is 10.1. The van der Waals surface area contributed by atoms with Gasteiger partial charge >= 0.3 is 5.97 Å². The van der Waals surface area contributed by atoms with E-state index in [2.05, 4.69) is 15.9 Å². The molecule has 1 saturated heterocycles. The van der Waals surface area contributed by atoms with Gasteiger partial charge in [0.15, 0.2) is 0 Å². The molecule has 2 rings (SSSR count). The summed E-state index contributed by atoms with van der Waals surface area (Å²) in [5.41, 5.74) is 1.50. The summed E-state index contributed by atoms with van der Waals surface area (Å²) >= 11 is 4.90. The monoisotopic (exact) mass is 357 g/mol. The summed E-state index contributed by atoms with van der Waals surface area (Å²) in [6, 6.07) is 4.71. The van der Waals surface area contributed by atoms with Gasteiger partial charge in [-0.3, -0.25) is 4.79 Å². The Labute approximate surface area is 130 Å². The molecule has 1 N–H and O–H groups in total. The van der Waals surface area contributed by atoms with Crippen LogP contribution in [-0.2, 0) is 4.79 Å². The van der Waals surface area contributed by atoms with Gasteiger partial charge in [0.05, 0.1) is 5.37 Å². The second-order valence-electron chi connectivity index (χ2n) is 4.78. The fourth-order valence-electron chi connectivity index (χ4n) is 2.35. The first-order chi connectivity index (χ1) is 9.43. The number of amides is 1. The maximum Gasteiger partial charge on any atom is 0.327 e. The molecule has 1 aromatic carbocycles. The molecule has 20 heavy (non-hydrogen) atoms. The normalized spacial score (nSPS) is 22.1. The van der Waals surface area contributed by atoms with Gasteiger partial charge in [-0.15, -0.1) is 11.8 Å². The molecule has 1 aliphatic rings. The zero-order valence-electron chi connectivity index (χ0n) is 11.3. The number of nitrogens with zero attached hydrogens (tertiary/aromatic N) is 1. The molecular weight excluding hydrogens is 342 g/mol. The fourth-order valence-corrected chi connectivity index (χ4v) is 4.30. The molecule has 0 aromatic heterocycles. The lowest BCUT2D eigenvalue weighted by Gasteiger charge is -2.26. The van der Waals surface area contributed by atoms with E-state index >= 15 is 0 Å². The van der Waals surface area contributed by atoms with Crippen LogP contribution >= 0.6 is 27.7 Å². The highest BCUT2D eigenvalue weighted by Gasteiger charge is 2.41. The number of carbonyl (C=O) groups is 2. The van der Waals surface area contributed by atoms with E-state index in [1.807, 2.05) is 19.9 Å². The van der Waals surface area contributed by atoms with Crippen LogP contribution < -0.4 is 0 Å². The number of carboxylic acid groups (broad SMARTS) is 1. The maximum absolute atomic E-state index is 12.7. The minimum absolute atomic E-state index is 0.0668. The van der Waals surface area contributed by atoms with Crippen molar-refractivity contribution in [2.75, 3.05) is 5.75 Å². The van der Waals surface area contributed by atoms with Gasteiger partial charge in [0, 0.05) is 15.8 Å². The highest BCUT2D eigenvalue weighted by atomic mass is 79.9. The van der Waals surface area contributed by atoms with Gasteiger partial charge in [0.25, 0.3) is 5.91 Å². The SMILES string of the molecule is CCC1SCC(C(=O)O)N1C(=O)c1cc(C)cc(Br)c1. The van der Waals surface area contributed by atoms with Crippen molar-refractivity contribution >= 4 is 39.6 Å². The van der Waals surface area contributed by atoms with E-state index in [9.17, 15) is 14.7 Å². The highest BCUT2D eigenvalue weighted by molar-refractivity contribution is 9.10. The Morgan fingerprint density at radius 1 is 1.45 bits per heavy atom. The first-order valence-corrected chi connectivity index (χ1v) is 8.22. The summed E-state index contributed by atoms with van der Waals surface area (Å²) in [6.45, 7) is 3.88. The molecule has 1 aromatic rings. The Bertz CT molecular complexity index is 529. The number of halogens is 1. The largest absolute Gasteiger partial charge is 0.480 e. The molecule has 1 aliphatic heterocycles. The second-order valence-corrected chi connectivity index (χ2v) is 6.91. The number of carbonyl (C=O) groups excluding carboxylic acids is 1. The molecule has 1 fully saturated rings. The molecule has 1 heterocycles. The molecule has 2 unspecified atom stereocenters. The lowest BCUT2D eigenvalue weighted by molar-refractivity contribution is -0.141. The van der Waals surface area contributed by atoms with Crippen LogP contribution in [0.1, 0.15) is 29.3 Å². The standard InChI is InChI=1S/C14H16BrNO3S/c1-3-12-16(11(7-20-12)14(18)19)13(17)9-4-8(2)5-10(15)6-9/h4-6,11-12H,3,7H2,1-2H3,(H,18,19). The van der Waals surface area contributed by atoms with E-state index in [1.54, 1.807) is 12.1 Å². The topological polar surface area (TPSA) is 57.6 Å². The first-order valence-electron chi connectivity index (χ1n) is 6.38. The minimum atomic E-state index is -0.937. The third-order valence-electron chi connectivity index (χ3n) is 3.25. The van der Waals surface area contributed by atoms with Gasteiger partial charge in [-0.2, -0.15) is 0 Å². The number of benzene rings is 1. The Morgan fingerprint density at radius 3 is 2.70 bits per heavy atom. The maximum atomic E-state index is 12.7. The number of hydrogen-bond donors (Lipinski definition) is 1. The molecule has 108 valence electrons. The fraction of sp³-hybridized carbons (Fsp3) is 0.429. The number of aryl methyl sites for hydroxylation is 1. The first kappa shape index (κ1) is 15.4. The quantitative estimate of drug-likeness (QED) is 0.902. The van der Waals surface area contributed by atoms with Crippen LogP contribution in [0, 0.1) is 6.92 Å². The van der Waals surface area contributed by atoms with E-state index in [0.29, 0.717) is 11.3 Å². The van der Waals surface area contributed by atoms with E-state index < -0.39 is 12.0 Å². The molecule has 0 spiro atoms. The predicted octanol–water partition coefficient (Wildman–Crippen LogP) is 3.14. The van der Waals surface area contributed by atoms with Crippen LogP contribution in [0.15, 0.2) is 22.7 Å². The highest BCUT2D eigenvalue weighted by Crippen LogP contribution is 2.33. The van der Waals surface area contributed by atoms with E-state index in [0.717, 1.165) is 16.5 Å². The van der Waals surface area contributed by atoms with E-state index in [-0.39, 0.29) is 11.3 Å². The van der Waals surface area contributed by atoms with Crippen LogP contribution in [0.3, 0.4) is 0 Å². The van der Waals surface area contributed by atoms with Gasteiger partial charge in [-0.05, 0) is 37.1 Å². The van der Waals surface area contributed by atoms with Crippen LogP contribution in [0.25, 0.3) is 0 Å². The number of aliphatic carboxylic acids is 1. The molecule has 2 atom stereocenters. The van der Waals surface area contributed by atoms with Crippen molar-refractivity contribution < 1.29 is 14.7 Å². The number of hydrogen-bond acceptors (Lipinski definition) is 3. The second kappa shape index (κ2) is 6.18. The number of rotatable bonds is 3. The molecule has 4 nitrogen and oxygen atoms in total. The van der Waals surface area contributed by atoms with Gasteiger partial charge in [-0.1, -0.05) is 22.9 Å². The van der Waals surface area contributed by atoms with Crippen LogP contribution in [0.2, 0.25) is 0 Å². The minimum Gasteiger partial charge on any atom is -0.480 e. The van der Waals surface area contributed by atoms with Crippen molar-refractivity contribution in [3.05, 3.63) is 33.8 Å². The van der Waals surface area contributed by atoms with Crippen molar-refractivity contribution in [2.24, 2.45) is 0 Å². The predicted molar refractivity (Wildman–Crippen MR) is 83.0 cm³/mol.